The van der Waals surface area contributed by atoms with E-state index < -0.39 is 0 Å². The average molecular weight is 297 g/mol. The van der Waals surface area contributed by atoms with Gasteiger partial charge in [0.25, 0.3) is 0 Å². The molecule has 2 N–H and O–H groups in total. The lowest BCUT2D eigenvalue weighted by molar-refractivity contribution is 0.0573. The molecular weight excluding hydrogens is 270 g/mol. The summed E-state index contributed by atoms with van der Waals surface area (Å²) in [5.41, 5.74) is 13.3. The number of hydrogen-bond acceptors (Lipinski definition) is 2. The molecular formula is C20H27NO. The molecule has 1 fully saturated rings. The third-order valence-corrected chi connectivity index (χ3v) is 7.46. The highest BCUT2D eigenvalue weighted by molar-refractivity contribution is 5.51. The van der Waals surface area contributed by atoms with Gasteiger partial charge in [0.2, 0.25) is 0 Å². The predicted molar refractivity (Wildman–Crippen MR) is 90.2 cm³/mol. The van der Waals surface area contributed by atoms with Crippen LogP contribution >= 0.6 is 0 Å². The molecule has 0 unspecified atom stereocenters. The first-order chi connectivity index (χ1) is 10.5. The van der Waals surface area contributed by atoms with E-state index in [0.717, 1.165) is 12.2 Å². The Hall–Kier alpha value is -1.28. The van der Waals surface area contributed by atoms with E-state index >= 15 is 0 Å². The molecule has 118 valence electrons. The number of ether oxygens (including phenoxy) is 1. The molecule has 2 nitrogen and oxygen atoms in total. The maximum Gasteiger partial charge on any atom is 0.119 e. The molecule has 4 atom stereocenters. The number of benzene rings is 1. The first kappa shape index (κ1) is 14.3. The van der Waals surface area contributed by atoms with Gasteiger partial charge in [-0.25, -0.2) is 0 Å². The van der Waals surface area contributed by atoms with Crippen molar-refractivity contribution in [2.45, 2.75) is 57.9 Å². The number of hydrogen-bond donors (Lipinski definition) is 1. The smallest absolute Gasteiger partial charge is 0.119 e. The van der Waals surface area contributed by atoms with Gasteiger partial charge in [0, 0.05) is 16.9 Å². The number of fused-ring (bicyclic) bond motifs is 3. The van der Waals surface area contributed by atoms with Gasteiger partial charge in [-0.1, -0.05) is 24.1 Å². The van der Waals surface area contributed by atoms with Crippen molar-refractivity contribution in [2.24, 2.45) is 17.1 Å². The topological polar surface area (TPSA) is 35.2 Å². The van der Waals surface area contributed by atoms with Gasteiger partial charge in [-0.3, -0.25) is 0 Å². The van der Waals surface area contributed by atoms with Crippen molar-refractivity contribution in [1.82, 2.24) is 0 Å². The molecule has 1 aromatic carbocycles. The van der Waals surface area contributed by atoms with Crippen molar-refractivity contribution < 1.29 is 4.74 Å². The minimum atomic E-state index is 0.146. The van der Waals surface area contributed by atoms with E-state index in [-0.39, 0.29) is 16.9 Å². The number of rotatable bonds is 1. The molecule has 0 amide bonds. The van der Waals surface area contributed by atoms with Crippen molar-refractivity contribution in [3.05, 3.63) is 40.5 Å². The highest BCUT2D eigenvalue weighted by Gasteiger charge is 2.63. The second kappa shape index (κ2) is 4.38. The summed E-state index contributed by atoms with van der Waals surface area (Å²) in [6, 6.07) is 6.94. The summed E-state index contributed by atoms with van der Waals surface area (Å²) in [4.78, 5) is 0. The lowest BCUT2D eigenvalue weighted by atomic mass is 9.47. The summed E-state index contributed by atoms with van der Waals surface area (Å²) in [6.07, 6.45) is 4.79. The molecule has 1 saturated carbocycles. The van der Waals surface area contributed by atoms with Crippen LogP contribution in [-0.2, 0) is 11.8 Å². The van der Waals surface area contributed by atoms with Crippen molar-refractivity contribution in [3.63, 3.8) is 0 Å². The van der Waals surface area contributed by atoms with Gasteiger partial charge in [-0.05, 0) is 68.7 Å². The van der Waals surface area contributed by atoms with Crippen LogP contribution in [-0.4, -0.2) is 13.2 Å². The van der Waals surface area contributed by atoms with Crippen LogP contribution in [0, 0.1) is 11.3 Å². The van der Waals surface area contributed by atoms with Crippen LogP contribution < -0.4 is 10.5 Å². The Morgan fingerprint density at radius 2 is 2.00 bits per heavy atom. The SMILES string of the molecule is COc1ccc2c(c1)[C@]1(C)CC[C@@H]3C(C)=C(C)[C@@]1(CC2)[C@@H]3N. The highest BCUT2D eigenvalue weighted by atomic mass is 16.5. The summed E-state index contributed by atoms with van der Waals surface area (Å²) >= 11 is 0. The summed E-state index contributed by atoms with van der Waals surface area (Å²) in [7, 11) is 1.76. The first-order valence-electron chi connectivity index (χ1n) is 8.56. The number of nitrogens with two attached hydrogens (primary N) is 1. The zero-order valence-electron chi connectivity index (χ0n) is 14.2. The van der Waals surface area contributed by atoms with Crippen LogP contribution in [0.2, 0.25) is 0 Å². The standard InChI is InChI=1S/C20H27NO/c1-12-13(2)20-10-7-14-5-6-15(22-4)11-17(14)19(20,3)9-8-16(12)18(20)21/h5-6,11,16,18H,7-10,21H2,1-4H3/t16-,18-,19+,20+/m1/s1. The summed E-state index contributed by atoms with van der Waals surface area (Å²) in [6.45, 7) is 7.13. The van der Waals surface area contributed by atoms with Gasteiger partial charge in [-0.15, -0.1) is 0 Å². The maximum atomic E-state index is 6.85. The van der Waals surface area contributed by atoms with Crippen molar-refractivity contribution in [3.8, 4) is 5.75 Å². The van der Waals surface area contributed by atoms with E-state index in [1.54, 1.807) is 18.3 Å². The van der Waals surface area contributed by atoms with Crippen molar-refractivity contribution in [1.29, 1.82) is 0 Å². The Kier molecular flexibility index (Phi) is 2.85. The van der Waals surface area contributed by atoms with Crippen LogP contribution in [0.4, 0.5) is 0 Å². The van der Waals surface area contributed by atoms with E-state index in [0.29, 0.717) is 5.92 Å². The third-order valence-electron chi connectivity index (χ3n) is 7.46. The largest absolute Gasteiger partial charge is 0.497 e. The monoisotopic (exact) mass is 297 g/mol. The fourth-order valence-corrected chi connectivity index (χ4v) is 6.09. The zero-order chi connectivity index (χ0) is 15.7. The van der Waals surface area contributed by atoms with Gasteiger partial charge in [-0.2, -0.15) is 0 Å². The van der Waals surface area contributed by atoms with Crippen LogP contribution in [0.1, 0.15) is 51.2 Å². The molecule has 0 heterocycles. The Labute approximate surface area is 133 Å². The lowest BCUT2D eigenvalue weighted by Crippen LogP contribution is -2.60. The first-order valence-corrected chi connectivity index (χ1v) is 8.56. The minimum Gasteiger partial charge on any atom is -0.497 e. The molecule has 0 radical (unpaired) electrons. The molecule has 1 aromatic rings. The van der Waals surface area contributed by atoms with Gasteiger partial charge in [0.05, 0.1) is 7.11 Å². The van der Waals surface area contributed by atoms with Gasteiger partial charge >= 0.3 is 0 Å². The van der Waals surface area contributed by atoms with E-state index in [9.17, 15) is 0 Å². The second-order valence-corrected chi connectivity index (χ2v) is 7.81. The van der Waals surface area contributed by atoms with E-state index in [2.05, 4.69) is 39.0 Å². The molecule has 0 aromatic heterocycles. The second-order valence-electron chi connectivity index (χ2n) is 7.81. The molecule has 2 bridgehead atoms. The van der Waals surface area contributed by atoms with Crippen LogP contribution in [0.25, 0.3) is 0 Å². The highest BCUT2D eigenvalue weighted by Crippen LogP contribution is 2.67. The van der Waals surface area contributed by atoms with Crippen LogP contribution in [0.15, 0.2) is 29.3 Å². The minimum absolute atomic E-state index is 0.146. The Morgan fingerprint density at radius 3 is 2.73 bits per heavy atom. The molecule has 3 aliphatic rings. The Morgan fingerprint density at radius 1 is 1.23 bits per heavy atom. The maximum absolute atomic E-state index is 6.85. The molecule has 4 rings (SSSR count). The molecule has 2 heteroatoms. The van der Waals surface area contributed by atoms with E-state index in [4.69, 9.17) is 10.5 Å². The van der Waals surface area contributed by atoms with Crippen LogP contribution in [0.5, 0.6) is 5.75 Å². The Balaban J connectivity index is 1.97. The van der Waals surface area contributed by atoms with E-state index in [1.807, 2.05) is 0 Å². The number of methoxy groups -OCH3 is 1. The number of aryl methyl sites for hydroxylation is 1. The molecule has 3 aliphatic carbocycles. The van der Waals surface area contributed by atoms with Crippen LogP contribution in [0.3, 0.4) is 0 Å². The zero-order valence-corrected chi connectivity index (χ0v) is 14.2. The van der Waals surface area contributed by atoms with Gasteiger partial charge in [0.15, 0.2) is 0 Å². The third kappa shape index (κ3) is 1.40. The fourth-order valence-electron chi connectivity index (χ4n) is 6.09. The summed E-state index contributed by atoms with van der Waals surface area (Å²) in [5.74, 6) is 1.57. The van der Waals surface area contributed by atoms with Crippen molar-refractivity contribution in [2.75, 3.05) is 7.11 Å². The fraction of sp³-hybridized carbons (Fsp3) is 0.600. The molecule has 0 aliphatic heterocycles. The Bertz CT molecular complexity index is 676. The summed E-state index contributed by atoms with van der Waals surface area (Å²) in [5, 5.41) is 0. The van der Waals surface area contributed by atoms with Gasteiger partial charge < -0.3 is 10.5 Å². The molecule has 1 spiro atoms. The lowest BCUT2D eigenvalue weighted by Gasteiger charge is -2.58. The average Bonchev–Trinajstić information content (AvgIpc) is 2.65. The molecule has 22 heavy (non-hydrogen) atoms. The van der Waals surface area contributed by atoms with Crippen molar-refractivity contribution >= 4 is 0 Å². The normalized spacial score (nSPS) is 39.5. The summed E-state index contributed by atoms with van der Waals surface area (Å²) < 4.78 is 5.51. The molecule has 0 saturated heterocycles. The van der Waals surface area contributed by atoms with E-state index in [1.165, 1.54) is 30.4 Å². The quantitative estimate of drug-likeness (QED) is 0.796. The van der Waals surface area contributed by atoms with Gasteiger partial charge in [0.1, 0.15) is 5.75 Å². The predicted octanol–water partition coefficient (Wildman–Crippen LogP) is 3.97.